The molecule has 2 rings (SSSR count). The Hall–Kier alpha value is -0.800. The van der Waals surface area contributed by atoms with Crippen LogP contribution >= 0.6 is 11.6 Å². The first-order valence-electron chi connectivity index (χ1n) is 5.56. The molecule has 1 aliphatic heterocycles. The fourth-order valence-electron chi connectivity index (χ4n) is 2.14. The van der Waals surface area contributed by atoms with E-state index in [0.717, 1.165) is 31.7 Å². The highest BCUT2D eigenvalue weighted by Crippen LogP contribution is 2.27. The molecule has 0 radical (unpaired) electrons. The van der Waals surface area contributed by atoms with Gasteiger partial charge in [-0.1, -0.05) is 17.7 Å². The van der Waals surface area contributed by atoms with Crippen molar-refractivity contribution >= 4 is 17.4 Å². The lowest BCUT2D eigenvalue weighted by Crippen LogP contribution is -2.47. The maximum Gasteiger partial charge on any atom is 0.131 e. The van der Waals surface area contributed by atoms with E-state index in [1.165, 1.54) is 0 Å². The third-order valence-corrected chi connectivity index (χ3v) is 3.39. The van der Waals surface area contributed by atoms with Crippen molar-refractivity contribution in [3.8, 4) is 0 Å². The minimum absolute atomic E-state index is 0.0672. The minimum atomic E-state index is -0.0672. The Kier molecular flexibility index (Phi) is 3.36. The average Bonchev–Trinajstić information content (AvgIpc) is 2.29. The number of halogens is 1. The van der Waals surface area contributed by atoms with Gasteiger partial charge < -0.3 is 9.64 Å². The van der Waals surface area contributed by atoms with Crippen LogP contribution in [0.3, 0.4) is 0 Å². The summed E-state index contributed by atoms with van der Waals surface area (Å²) in [4.78, 5) is 6.57. The van der Waals surface area contributed by atoms with Gasteiger partial charge in [0.25, 0.3) is 0 Å². The lowest BCUT2D eigenvalue weighted by molar-refractivity contribution is -0.00481. The van der Waals surface area contributed by atoms with Crippen LogP contribution in [0, 0.1) is 0 Å². The van der Waals surface area contributed by atoms with Crippen LogP contribution in [0.25, 0.3) is 0 Å². The molecule has 88 valence electrons. The number of pyridine rings is 1. The summed E-state index contributed by atoms with van der Waals surface area (Å²) >= 11 is 5.90. The first-order valence-corrected chi connectivity index (χ1v) is 5.93. The van der Waals surface area contributed by atoms with Gasteiger partial charge in [0.05, 0.1) is 5.60 Å². The molecule has 1 fully saturated rings. The molecule has 0 saturated carbocycles. The van der Waals surface area contributed by atoms with Crippen LogP contribution in [0.2, 0.25) is 5.15 Å². The number of piperidine rings is 1. The molecule has 0 aliphatic carbocycles. The molecular weight excluding hydrogens is 224 g/mol. The molecule has 0 bridgehead atoms. The third-order valence-electron chi connectivity index (χ3n) is 3.18. The van der Waals surface area contributed by atoms with Gasteiger partial charge in [-0.05, 0) is 31.9 Å². The summed E-state index contributed by atoms with van der Waals surface area (Å²) in [5, 5.41) is 0.544. The normalized spacial score (nSPS) is 25.8. The second-order valence-corrected chi connectivity index (χ2v) is 4.88. The second-order valence-electron chi connectivity index (χ2n) is 4.50. The summed E-state index contributed by atoms with van der Waals surface area (Å²) in [5.74, 6) is 0.940. The highest BCUT2D eigenvalue weighted by molar-refractivity contribution is 6.29. The number of nitrogens with zero attached hydrogens (tertiary/aromatic N) is 2. The molecule has 1 aromatic rings. The third kappa shape index (κ3) is 2.47. The van der Waals surface area contributed by atoms with Crippen molar-refractivity contribution in [2.24, 2.45) is 0 Å². The molecule has 4 heteroatoms. The molecule has 1 saturated heterocycles. The van der Waals surface area contributed by atoms with E-state index < -0.39 is 0 Å². The predicted molar refractivity (Wildman–Crippen MR) is 66.1 cm³/mol. The first kappa shape index (κ1) is 11.7. The predicted octanol–water partition coefficient (Wildman–Crippen LogP) is 2.74. The zero-order valence-corrected chi connectivity index (χ0v) is 10.5. The van der Waals surface area contributed by atoms with Crippen molar-refractivity contribution in [1.29, 1.82) is 0 Å². The van der Waals surface area contributed by atoms with E-state index in [-0.39, 0.29) is 5.60 Å². The summed E-state index contributed by atoms with van der Waals surface area (Å²) in [7, 11) is 1.77. The lowest BCUT2D eigenvalue weighted by Gasteiger charge is -2.40. The van der Waals surface area contributed by atoms with E-state index >= 15 is 0 Å². The van der Waals surface area contributed by atoms with Gasteiger partial charge in [-0.25, -0.2) is 4.98 Å². The molecular formula is C12H17ClN2O. The zero-order chi connectivity index (χ0) is 11.6. The Labute approximate surface area is 101 Å². The smallest absolute Gasteiger partial charge is 0.131 e. The van der Waals surface area contributed by atoms with Crippen molar-refractivity contribution in [3.05, 3.63) is 23.4 Å². The van der Waals surface area contributed by atoms with Crippen LogP contribution in [0.4, 0.5) is 5.82 Å². The molecule has 1 atom stereocenters. The molecule has 0 aromatic carbocycles. The molecule has 3 nitrogen and oxygen atoms in total. The molecule has 1 unspecified atom stereocenters. The van der Waals surface area contributed by atoms with Crippen molar-refractivity contribution in [2.45, 2.75) is 25.4 Å². The van der Waals surface area contributed by atoms with Crippen molar-refractivity contribution in [3.63, 3.8) is 0 Å². The molecule has 1 aliphatic rings. The molecule has 0 N–H and O–H groups in total. The van der Waals surface area contributed by atoms with Gasteiger partial charge in [0.15, 0.2) is 0 Å². The van der Waals surface area contributed by atoms with Crippen LogP contribution in [0.1, 0.15) is 19.8 Å². The largest absolute Gasteiger partial charge is 0.377 e. The number of rotatable bonds is 2. The minimum Gasteiger partial charge on any atom is -0.377 e. The highest BCUT2D eigenvalue weighted by atomic mass is 35.5. The summed E-state index contributed by atoms with van der Waals surface area (Å²) in [6, 6.07) is 5.72. The summed E-state index contributed by atoms with van der Waals surface area (Å²) < 4.78 is 5.56. The van der Waals surface area contributed by atoms with Gasteiger partial charge in [-0.3, -0.25) is 0 Å². The number of hydrogen-bond donors (Lipinski definition) is 0. The van der Waals surface area contributed by atoms with Crippen molar-refractivity contribution < 1.29 is 4.74 Å². The van der Waals surface area contributed by atoms with E-state index in [4.69, 9.17) is 16.3 Å². The number of ether oxygens (including phenoxy) is 1. The molecule has 2 heterocycles. The fourth-order valence-corrected chi connectivity index (χ4v) is 2.30. The van der Waals surface area contributed by atoms with E-state index in [1.807, 2.05) is 12.1 Å². The SMILES string of the molecule is COC1(C)CCCN(c2cccc(Cl)n2)C1. The number of methoxy groups -OCH3 is 1. The van der Waals surface area contributed by atoms with Gasteiger partial charge >= 0.3 is 0 Å². The maximum absolute atomic E-state index is 5.90. The molecule has 16 heavy (non-hydrogen) atoms. The van der Waals surface area contributed by atoms with Gasteiger partial charge in [-0.15, -0.1) is 0 Å². The van der Waals surface area contributed by atoms with Gasteiger partial charge in [0.1, 0.15) is 11.0 Å². The van der Waals surface area contributed by atoms with Crippen LogP contribution in [0.5, 0.6) is 0 Å². The van der Waals surface area contributed by atoms with Gasteiger partial charge in [0, 0.05) is 20.2 Å². The standard InChI is InChI=1S/C12H17ClN2O/c1-12(16-2)7-4-8-15(9-12)11-6-3-5-10(13)14-11/h3,5-6H,4,7-9H2,1-2H3. The number of anilines is 1. The average molecular weight is 241 g/mol. The molecule has 1 aromatic heterocycles. The summed E-state index contributed by atoms with van der Waals surface area (Å²) in [6.45, 7) is 4.03. The Balaban J connectivity index is 2.16. The fraction of sp³-hybridized carbons (Fsp3) is 0.583. The van der Waals surface area contributed by atoms with Gasteiger partial charge in [0.2, 0.25) is 0 Å². The first-order chi connectivity index (χ1) is 7.63. The molecule has 0 spiro atoms. The topological polar surface area (TPSA) is 25.4 Å². The van der Waals surface area contributed by atoms with Crippen molar-refractivity contribution in [1.82, 2.24) is 4.98 Å². The lowest BCUT2D eigenvalue weighted by atomic mass is 9.95. The van der Waals surface area contributed by atoms with Gasteiger partial charge in [-0.2, -0.15) is 0 Å². The van der Waals surface area contributed by atoms with Crippen LogP contribution in [0.15, 0.2) is 18.2 Å². The Morgan fingerprint density at radius 1 is 1.50 bits per heavy atom. The monoisotopic (exact) mass is 240 g/mol. The van der Waals surface area contributed by atoms with E-state index in [1.54, 1.807) is 13.2 Å². The van der Waals surface area contributed by atoms with E-state index in [0.29, 0.717) is 5.15 Å². The van der Waals surface area contributed by atoms with Crippen LogP contribution in [-0.2, 0) is 4.74 Å². The second kappa shape index (κ2) is 4.60. The van der Waals surface area contributed by atoms with Crippen LogP contribution in [-0.4, -0.2) is 30.8 Å². The Bertz CT molecular complexity index is 372. The summed E-state index contributed by atoms with van der Waals surface area (Å²) in [6.07, 6.45) is 2.22. The zero-order valence-electron chi connectivity index (χ0n) is 9.74. The quantitative estimate of drug-likeness (QED) is 0.744. The number of aromatic nitrogens is 1. The molecule has 0 amide bonds. The highest BCUT2D eigenvalue weighted by Gasteiger charge is 2.31. The summed E-state index contributed by atoms with van der Waals surface area (Å²) in [5.41, 5.74) is -0.0672. The van der Waals surface area contributed by atoms with E-state index in [9.17, 15) is 0 Å². The number of hydrogen-bond acceptors (Lipinski definition) is 3. The Morgan fingerprint density at radius 2 is 2.31 bits per heavy atom. The van der Waals surface area contributed by atoms with E-state index in [2.05, 4.69) is 16.8 Å². The van der Waals surface area contributed by atoms with Crippen LogP contribution < -0.4 is 4.90 Å². The maximum atomic E-state index is 5.90. The van der Waals surface area contributed by atoms with Crippen molar-refractivity contribution in [2.75, 3.05) is 25.1 Å². The Morgan fingerprint density at radius 3 is 3.00 bits per heavy atom.